The number of aliphatic carboxylic acids is 1. The van der Waals surface area contributed by atoms with Gasteiger partial charge in [0.2, 0.25) is 5.91 Å². The summed E-state index contributed by atoms with van der Waals surface area (Å²) >= 11 is 0. The molecule has 19 heavy (non-hydrogen) atoms. The van der Waals surface area contributed by atoms with E-state index in [0.29, 0.717) is 16.5 Å². The van der Waals surface area contributed by atoms with Gasteiger partial charge in [0, 0.05) is 29.6 Å². The molecule has 1 heterocycles. The molecule has 0 unspecified atom stereocenters. The molecule has 0 fully saturated rings. The van der Waals surface area contributed by atoms with E-state index in [9.17, 15) is 14.0 Å². The van der Waals surface area contributed by atoms with Gasteiger partial charge in [-0.1, -0.05) is 0 Å². The van der Waals surface area contributed by atoms with E-state index in [2.05, 4.69) is 10.3 Å². The molecule has 5 nitrogen and oxygen atoms in total. The van der Waals surface area contributed by atoms with Crippen LogP contribution in [0.3, 0.4) is 0 Å². The van der Waals surface area contributed by atoms with Crippen molar-refractivity contribution in [2.45, 2.75) is 12.8 Å². The maximum absolute atomic E-state index is 13.4. The molecule has 0 radical (unpaired) electrons. The second-order valence-electron chi connectivity index (χ2n) is 3.99. The van der Waals surface area contributed by atoms with Crippen LogP contribution in [-0.4, -0.2) is 22.0 Å². The van der Waals surface area contributed by atoms with E-state index in [0.717, 1.165) is 0 Å². The van der Waals surface area contributed by atoms with E-state index in [1.807, 2.05) is 0 Å². The summed E-state index contributed by atoms with van der Waals surface area (Å²) in [5.41, 5.74) is 0.313. The molecule has 0 aliphatic heterocycles. The summed E-state index contributed by atoms with van der Waals surface area (Å²) in [7, 11) is 0. The summed E-state index contributed by atoms with van der Waals surface area (Å²) in [5, 5.41) is 12.2. The zero-order chi connectivity index (χ0) is 13.8. The number of carboxylic acids is 1. The Kier molecular flexibility index (Phi) is 3.70. The SMILES string of the molecule is O=C(O)CCC(=O)Nc1cc(F)cc2cnccc12. The van der Waals surface area contributed by atoms with Gasteiger partial charge in [0.05, 0.1) is 12.1 Å². The highest BCUT2D eigenvalue weighted by molar-refractivity contribution is 6.02. The van der Waals surface area contributed by atoms with Crippen LogP contribution in [-0.2, 0) is 9.59 Å². The van der Waals surface area contributed by atoms with Crippen LogP contribution in [0.5, 0.6) is 0 Å². The molecule has 98 valence electrons. The van der Waals surface area contributed by atoms with Crippen molar-refractivity contribution in [1.29, 1.82) is 0 Å². The molecular weight excluding hydrogens is 251 g/mol. The third kappa shape index (κ3) is 3.25. The lowest BCUT2D eigenvalue weighted by Crippen LogP contribution is -2.13. The number of carbonyl (C=O) groups excluding carboxylic acids is 1. The Morgan fingerprint density at radius 3 is 2.84 bits per heavy atom. The number of rotatable bonds is 4. The fourth-order valence-electron chi connectivity index (χ4n) is 1.71. The maximum Gasteiger partial charge on any atom is 0.303 e. The Hall–Kier alpha value is -2.50. The highest BCUT2D eigenvalue weighted by Crippen LogP contribution is 2.24. The minimum Gasteiger partial charge on any atom is -0.481 e. The highest BCUT2D eigenvalue weighted by atomic mass is 19.1. The zero-order valence-electron chi connectivity index (χ0n) is 9.89. The topological polar surface area (TPSA) is 79.3 Å². The Balaban J connectivity index is 2.24. The number of halogens is 1. The van der Waals surface area contributed by atoms with Crippen molar-refractivity contribution < 1.29 is 19.1 Å². The van der Waals surface area contributed by atoms with Gasteiger partial charge in [0.1, 0.15) is 5.82 Å². The van der Waals surface area contributed by atoms with E-state index < -0.39 is 17.7 Å². The molecule has 0 spiro atoms. The summed E-state index contributed by atoms with van der Waals surface area (Å²) in [5.74, 6) is -2.01. The first kappa shape index (κ1) is 12.9. The fourth-order valence-corrected chi connectivity index (χ4v) is 1.71. The quantitative estimate of drug-likeness (QED) is 0.885. The summed E-state index contributed by atoms with van der Waals surface area (Å²) in [6, 6.07) is 4.16. The van der Waals surface area contributed by atoms with E-state index in [1.165, 1.54) is 24.5 Å². The molecule has 1 amide bonds. The summed E-state index contributed by atoms with van der Waals surface area (Å²) < 4.78 is 13.4. The molecule has 1 aromatic carbocycles. The number of carbonyl (C=O) groups is 2. The predicted octanol–water partition coefficient (Wildman–Crippen LogP) is 2.18. The van der Waals surface area contributed by atoms with Gasteiger partial charge in [-0.15, -0.1) is 0 Å². The van der Waals surface area contributed by atoms with Crippen molar-refractivity contribution in [2.24, 2.45) is 0 Å². The Morgan fingerprint density at radius 2 is 2.11 bits per heavy atom. The maximum atomic E-state index is 13.4. The fraction of sp³-hybridized carbons (Fsp3) is 0.154. The van der Waals surface area contributed by atoms with Crippen LogP contribution >= 0.6 is 0 Å². The first-order valence-electron chi connectivity index (χ1n) is 5.61. The van der Waals surface area contributed by atoms with Crippen LogP contribution in [0.15, 0.2) is 30.6 Å². The van der Waals surface area contributed by atoms with E-state index in [4.69, 9.17) is 5.11 Å². The highest BCUT2D eigenvalue weighted by Gasteiger charge is 2.09. The van der Waals surface area contributed by atoms with Gasteiger partial charge in [-0.3, -0.25) is 14.6 Å². The number of carboxylic acid groups (broad SMARTS) is 1. The number of fused-ring (bicyclic) bond motifs is 1. The number of hydrogen-bond donors (Lipinski definition) is 2. The normalized spacial score (nSPS) is 10.4. The Morgan fingerprint density at radius 1 is 1.32 bits per heavy atom. The number of pyridine rings is 1. The largest absolute Gasteiger partial charge is 0.481 e. The number of aromatic nitrogens is 1. The number of anilines is 1. The second kappa shape index (κ2) is 5.43. The number of benzene rings is 1. The monoisotopic (exact) mass is 262 g/mol. The first-order valence-corrected chi connectivity index (χ1v) is 5.61. The van der Waals surface area contributed by atoms with Crippen LogP contribution in [0.1, 0.15) is 12.8 Å². The molecule has 2 rings (SSSR count). The minimum absolute atomic E-state index is 0.154. The van der Waals surface area contributed by atoms with Gasteiger partial charge in [0.15, 0.2) is 0 Å². The molecule has 1 aromatic heterocycles. The third-order valence-electron chi connectivity index (χ3n) is 2.56. The summed E-state index contributed by atoms with van der Waals surface area (Å²) in [6.07, 6.45) is 2.61. The van der Waals surface area contributed by atoms with Gasteiger partial charge < -0.3 is 10.4 Å². The van der Waals surface area contributed by atoms with Crippen LogP contribution in [0, 0.1) is 5.82 Å². The molecule has 0 aliphatic rings. The van der Waals surface area contributed by atoms with Crippen molar-refractivity contribution in [3.8, 4) is 0 Å². The van der Waals surface area contributed by atoms with Gasteiger partial charge in [-0.25, -0.2) is 4.39 Å². The van der Waals surface area contributed by atoms with Crippen molar-refractivity contribution in [1.82, 2.24) is 4.98 Å². The van der Waals surface area contributed by atoms with Gasteiger partial charge >= 0.3 is 5.97 Å². The zero-order valence-corrected chi connectivity index (χ0v) is 9.89. The van der Waals surface area contributed by atoms with Gasteiger partial charge in [-0.2, -0.15) is 0 Å². The van der Waals surface area contributed by atoms with Crippen LogP contribution in [0.2, 0.25) is 0 Å². The molecular formula is C13H11FN2O3. The Labute approximate surface area is 108 Å². The van der Waals surface area contributed by atoms with Gasteiger partial charge in [-0.05, 0) is 18.2 Å². The van der Waals surface area contributed by atoms with Gasteiger partial charge in [0.25, 0.3) is 0 Å². The number of nitrogens with zero attached hydrogens (tertiary/aromatic N) is 1. The van der Waals surface area contributed by atoms with Crippen molar-refractivity contribution in [3.05, 3.63) is 36.4 Å². The van der Waals surface area contributed by atoms with Crippen molar-refractivity contribution >= 4 is 28.3 Å². The minimum atomic E-state index is -1.05. The standard InChI is InChI=1S/C13H11FN2O3/c14-9-5-8-7-15-4-3-10(8)11(6-9)16-12(17)1-2-13(18)19/h3-7H,1-2H2,(H,16,17)(H,18,19). The average Bonchev–Trinajstić information content (AvgIpc) is 2.36. The number of nitrogens with one attached hydrogen (secondary N) is 1. The molecule has 0 saturated carbocycles. The molecule has 2 aromatic rings. The van der Waals surface area contributed by atoms with Crippen molar-refractivity contribution in [3.63, 3.8) is 0 Å². The first-order chi connectivity index (χ1) is 9.06. The number of amides is 1. The summed E-state index contributed by atoms with van der Waals surface area (Å²) in [4.78, 5) is 25.8. The Bertz CT molecular complexity index is 643. The molecule has 6 heteroatoms. The molecule has 0 aliphatic carbocycles. The molecule has 2 N–H and O–H groups in total. The smallest absolute Gasteiger partial charge is 0.303 e. The lowest BCUT2D eigenvalue weighted by Gasteiger charge is -2.08. The number of hydrogen-bond acceptors (Lipinski definition) is 3. The summed E-state index contributed by atoms with van der Waals surface area (Å²) in [6.45, 7) is 0. The van der Waals surface area contributed by atoms with E-state index in [-0.39, 0.29) is 12.8 Å². The molecule has 0 atom stereocenters. The predicted molar refractivity (Wildman–Crippen MR) is 67.2 cm³/mol. The van der Waals surface area contributed by atoms with E-state index in [1.54, 1.807) is 6.07 Å². The van der Waals surface area contributed by atoms with Crippen molar-refractivity contribution in [2.75, 3.05) is 5.32 Å². The lowest BCUT2D eigenvalue weighted by molar-refractivity contribution is -0.138. The van der Waals surface area contributed by atoms with Crippen LogP contribution in [0.4, 0.5) is 10.1 Å². The second-order valence-corrected chi connectivity index (χ2v) is 3.99. The lowest BCUT2D eigenvalue weighted by atomic mass is 10.1. The molecule has 0 bridgehead atoms. The van der Waals surface area contributed by atoms with E-state index >= 15 is 0 Å². The van der Waals surface area contributed by atoms with Crippen LogP contribution in [0.25, 0.3) is 10.8 Å². The molecule has 0 saturated heterocycles. The van der Waals surface area contributed by atoms with Crippen LogP contribution < -0.4 is 5.32 Å². The third-order valence-corrected chi connectivity index (χ3v) is 2.56. The average molecular weight is 262 g/mol.